The Labute approximate surface area is 90.1 Å². The van der Waals surface area contributed by atoms with Crippen molar-refractivity contribution in [3.8, 4) is 0 Å². The number of aliphatic hydroxyl groups excluding tert-OH is 1. The van der Waals surface area contributed by atoms with Crippen molar-refractivity contribution in [1.82, 2.24) is 4.90 Å². The van der Waals surface area contributed by atoms with E-state index in [1.807, 2.05) is 38.2 Å². The van der Waals surface area contributed by atoms with Crippen LogP contribution in [0.3, 0.4) is 0 Å². The number of rotatable bonds is 4. The van der Waals surface area contributed by atoms with Crippen molar-refractivity contribution in [3.05, 3.63) is 34.9 Å². The predicted octanol–water partition coefficient (Wildman–Crippen LogP) is 2.15. The minimum atomic E-state index is 0.159. The first-order valence-electron chi connectivity index (χ1n) is 4.69. The second kappa shape index (κ2) is 5.35. The lowest BCUT2D eigenvalue weighted by Gasteiger charge is -2.23. The molecule has 1 atom stereocenters. The summed E-state index contributed by atoms with van der Waals surface area (Å²) in [7, 11) is 1.98. The largest absolute Gasteiger partial charge is 0.395 e. The van der Waals surface area contributed by atoms with E-state index >= 15 is 0 Å². The molecule has 0 saturated heterocycles. The third-order valence-corrected chi connectivity index (χ3v) is 2.76. The molecule has 1 unspecified atom stereocenters. The van der Waals surface area contributed by atoms with Crippen LogP contribution in [-0.4, -0.2) is 29.7 Å². The third kappa shape index (κ3) is 2.98. The van der Waals surface area contributed by atoms with Crippen LogP contribution >= 0.6 is 11.6 Å². The Kier molecular flexibility index (Phi) is 4.39. The molecule has 2 nitrogen and oxygen atoms in total. The van der Waals surface area contributed by atoms with E-state index < -0.39 is 0 Å². The topological polar surface area (TPSA) is 23.5 Å². The summed E-state index contributed by atoms with van der Waals surface area (Å²) in [6.07, 6.45) is 0. The van der Waals surface area contributed by atoms with Crippen LogP contribution in [0.2, 0.25) is 5.02 Å². The molecule has 0 aliphatic carbocycles. The maximum Gasteiger partial charge on any atom is 0.0584 e. The summed E-state index contributed by atoms with van der Waals surface area (Å²) < 4.78 is 0. The van der Waals surface area contributed by atoms with Gasteiger partial charge >= 0.3 is 0 Å². The fourth-order valence-corrected chi connectivity index (χ4v) is 1.39. The lowest BCUT2D eigenvalue weighted by molar-refractivity contribution is 0.154. The van der Waals surface area contributed by atoms with Gasteiger partial charge < -0.3 is 5.11 Å². The Balaban J connectivity index is 2.64. The first kappa shape index (κ1) is 11.5. The molecular formula is C11H16ClNO. The summed E-state index contributed by atoms with van der Waals surface area (Å²) in [6.45, 7) is 2.92. The van der Waals surface area contributed by atoms with Crippen LogP contribution in [0.15, 0.2) is 24.3 Å². The maximum absolute atomic E-state index is 8.98. The molecule has 1 N–H and O–H groups in total. The fraction of sp³-hybridized carbons (Fsp3) is 0.455. The normalized spacial score (nSPS) is 13.2. The van der Waals surface area contributed by atoms with Crippen molar-refractivity contribution in [2.75, 3.05) is 13.7 Å². The lowest BCUT2D eigenvalue weighted by atomic mass is 10.2. The maximum atomic E-state index is 8.98. The molecule has 0 bridgehead atoms. The Morgan fingerprint density at radius 1 is 1.43 bits per heavy atom. The molecule has 3 heteroatoms. The van der Waals surface area contributed by atoms with Crippen molar-refractivity contribution in [3.63, 3.8) is 0 Å². The van der Waals surface area contributed by atoms with Gasteiger partial charge in [-0.25, -0.2) is 0 Å². The van der Waals surface area contributed by atoms with E-state index in [0.717, 1.165) is 17.1 Å². The van der Waals surface area contributed by atoms with Gasteiger partial charge in [-0.2, -0.15) is 0 Å². The molecule has 0 spiro atoms. The minimum Gasteiger partial charge on any atom is -0.395 e. The number of benzene rings is 1. The number of aliphatic hydroxyl groups is 1. The van der Waals surface area contributed by atoms with Gasteiger partial charge in [-0.05, 0) is 25.6 Å². The Bertz CT molecular complexity index is 290. The first-order valence-corrected chi connectivity index (χ1v) is 5.07. The van der Waals surface area contributed by atoms with Gasteiger partial charge in [-0.15, -0.1) is 0 Å². The molecule has 1 aromatic carbocycles. The van der Waals surface area contributed by atoms with Gasteiger partial charge in [0.05, 0.1) is 6.61 Å². The van der Waals surface area contributed by atoms with Crippen LogP contribution in [0.4, 0.5) is 0 Å². The van der Waals surface area contributed by atoms with Gasteiger partial charge in [0.2, 0.25) is 0 Å². The van der Waals surface area contributed by atoms with Crippen LogP contribution in [-0.2, 0) is 6.54 Å². The molecular weight excluding hydrogens is 198 g/mol. The summed E-state index contributed by atoms with van der Waals surface area (Å²) in [4.78, 5) is 2.07. The van der Waals surface area contributed by atoms with Crippen molar-refractivity contribution in [2.24, 2.45) is 0 Å². The van der Waals surface area contributed by atoms with Gasteiger partial charge in [-0.1, -0.05) is 29.8 Å². The van der Waals surface area contributed by atoms with E-state index in [-0.39, 0.29) is 12.6 Å². The Hall–Kier alpha value is -0.570. The Morgan fingerprint density at radius 2 is 2.07 bits per heavy atom. The highest BCUT2D eigenvalue weighted by molar-refractivity contribution is 6.31. The SMILES string of the molecule is CC(CO)N(C)Cc1ccccc1Cl. The molecule has 0 amide bonds. The van der Waals surface area contributed by atoms with Gasteiger partial charge in [0.15, 0.2) is 0 Å². The van der Waals surface area contributed by atoms with Gasteiger partial charge in [0, 0.05) is 17.6 Å². The fourth-order valence-electron chi connectivity index (χ4n) is 1.19. The van der Waals surface area contributed by atoms with E-state index in [9.17, 15) is 0 Å². The zero-order valence-corrected chi connectivity index (χ0v) is 9.33. The van der Waals surface area contributed by atoms with Crippen LogP contribution in [0.1, 0.15) is 12.5 Å². The number of likely N-dealkylation sites (N-methyl/N-ethyl adjacent to an activating group) is 1. The number of hydrogen-bond acceptors (Lipinski definition) is 2. The molecule has 14 heavy (non-hydrogen) atoms. The van der Waals surface area contributed by atoms with Crippen LogP contribution in [0, 0.1) is 0 Å². The minimum absolute atomic E-state index is 0.159. The van der Waals surface area contributed by atoms with Gasteiger partial charge in [0.1, 0.15) is 0 Å². The highest BCUT2D eigenvalue weighted by Crippen LogP contribution is 2.17. The molecule has 0 radical (unpaired) electrons. The zero-order chi connectivity index (χ0) is 10.6. The zero-order valence-electron chi connectivity index (χ0n) is 8.57. The summed E-state index contributed by atoms with van der Waals surface area (Å²) in [5, 5.41) is 9.76. The quantitative estimate of drug-likeness (QED) is 0.829. The van der Waals surface area contributed by atoms with Crippen molar-refractivity contribution >= 4 is 11.6 Å². The van der Waals surface area contributed by atoms with Crippen molar-refractivity contribution in [1.29, 1.82) is 0 Å². The highest BCUT2D eigenvalue weighted by atomic mass is 35.5. The average Bonchev–Trinajstić information content (AvgIpc) is 2.20. The second-order valence-corrected chi connectivity index (χ2v) is 3.95. The van der Waals surface area contributed by atoms with Crippen LogP contribution < -0.4 is 0 Å². The molecule has 0 heterocycles. The summed E-state index contributed by atoms with van der Waals surface area (Å²) in [6, 6.07) is 7.93. The molecule has 0 aliphatic heterocycles. The van der Waals surface area contributed by atoms with Crippen molar-refractivity contribution in [2.45, 2.75) is 19.5 Å². The van der Waals surface area contributed by atoms with Gasteiger partial charge in [-0.3, -0.25) is 4.90 Å². The van der Waals surface area contributed by atoms with E-state index in [0.29, 0.717) is 0 Å². The van der Waals surface area contributed by atoms with E-state index in [1.54, 1.807) is 0 Å². The second-order valence-electron chi connectivity index (χ2n) is 3.54. The molecule has 0 fully saturated rings. The van der Waals surface area contributed by atoms with E-state index in [4.69, 9.17) is 16.7 Å². The predicted molar refractivity (Wildman–Crippen MR) is 59.5 cm³/mol. The number of hydrogen-bond donors (Lipinski definition) is 1. The molecule has 0 aromatic heterocycles. The van der Waals surface area contributed by atoms with Crippen molar-refractivity contribution < 1.29 is 5.11 Å². The molecule has 0 aliphatic rings. The lowest BCUT2D eigenvalue weighted by Crippen LogP contribution is -2.31. The monoisotopic (exact) mass is 213 g/mol. The molecule has 0 saturated carbocycles. The van der Waals surface area contributed by atoms with Crippen LogP contribution in [0.25, 0.3) is 0 Å². The number of nitrogens with zero attached hydrogens (tertiary/aromatic N) is 1. The standard InChI is InChI=1S/C11H16ClNO/c1-9(8-14)13(2)7-10-5-3-4-6-11(10)12/h3-6,9,14H,7-8H2,1-2H3. The van der Waals surface area contributed by atoms with Crippen LogP contribution in [0.5, 0.6) is 0 Å². The highest BCUT2D eigenvalue weighted by Gasteiger charge is 2.09. The van der Waals surface area contributed by atoms with Gasteiger partial charge in [0.25, 0.3) is 0 Å². The molecule has 78 valence electrons. The van der Waals surface area contributed by atoms with E-state index in [2.05, 4.69) is 4.90 Å². The average molecular weight is 214 g/mol. The molecule has 1 aromatic rings. The molecule has 1 rings (SSSR count). The number of halogens is 1. The summed E-state index contributed by atoms with van der Waals surface area (Å²) in [5.41, 5.74) is 1.09. The third-order valence-electron chi connectivity index (χ3n) is 2.39. The first-order chi connectivity index (χ1) is 6.65. The summed E-state index contributed by atoms with van der Waals surface area (Å²) in [5.74, 6) is 0. The van der Waals surface area contributed by atoms with E-state index in [1.165, 1.54) is 0 Å². The Morgan fingerprint density at radius 3 is 2.64 bits per heavy atom. The smallest absolute Gasteiger partial charge is 0.0584 e. The summed E-state index contributed by atoms with van der Waals surface area (Å²) >= 11 is 6.03.